The first-order chi connectivity index (χ1) is 18.8. The van der Waals surface area contributed by atoms with Crippen molar-refractivity contribution >= 4 is 48.3 Å². The quantitative estimate of drug-likeness (QED) is 0.244. The average Bonchev–Trinajstić information content (AvgIpc) is 3.54. The van der Waals surface area contributed by atoms with E-state index < -0.39 is 0 Å². The predicted octanol–water partition coefficient (Wildman–Crippen LogP) is 8.04. The molecule has 0 aliphatic carbocycles. The molecule has 8 aromatic rings. The van der Waals surface area contributed by atoms with Gasteiger partial charge in [0.05, 0.1) is 21.3 Å². The Morgan fingerprint density at radius 1 is 0.500 bits per heavy atom. The molecular weight excluding hydrogens is 486 g/mol. The number of hydrogen-bond acceptors (Lipinski definition) is 5. The van der Waals surface area contributed by atoms with E-state index in [0.717, 1.165) is 43.6 Å². The summed E-state index contributed by atoms with van der Waals surface area (Å²) in [5, 5.41) is 2.28. The molecule has 0 aliphatic heterocycles. The van der Waals surface area contributed by atoms with Gasteiger partial charge >= 0.3 is 0 Å². The van der Waals surface area contributed by atoms with Gasteiger partial charge in [-0.05, 0) is 23.6 Å². The number of fused-ring (bicyclic) bond motifs is 7. The molecular formula is C32H19N5S. The summed E-state index contributed by atoms with van der Waals surface area (Å²) in [6.45, 7) is 0. The van der Waals surface area contributed by atoms with Crippen molar-refractivity contribution in [2.24, 2.45) is 0 Å². The Hall–Kier alpha value is -4.94. The lowest BCUT2D eigenvalue weighted by molar-refractivity contribution is 1.08. The van der Waals surface area contributed by atoms with Crippen LogP contribution in [0.5, 0.6) is 0 Å². The molecule has 178 valence electrons. The van der Waals surface area contributed by atoms with Gasteiger partial charge in [-0.2, -0.15) is 0 Å². The number of rotatable bonds is 3. The van der Waals surface area contributed by atoms with E-state index >= 15 is 0 Å². The molecule has 5 nitrogen and oxygen atoms in total. The molecule has 38 heavy (non-hydrogen) atoms. The summed E-state index contributed by atoms with van der Waals surface area (Å²) in [4.78, 5) is 20.8. The van der Waals surface area contributed by atoms with Crippen molar-refractivity contribution in [3.8, 4) is 34.2 Å². The van der Waals surface area contributed by atoms with E-state index in [1.165, 1.54) is 10.1 Å². The van der Waals surface area contributed by atoms with Gasteiger partial charge in [0.1, 0.15) is 0 Å². The fraction of sp³-hybridized carbons (Fsp3) is 0. The first-order valence-corrected chi connectivity index (χ1v) is 13.2. The Balaban J connectivity index is 1.48. The van der Waals surface area contributed by atoms with Crippen molar-refractivity contribution in [2.75, 3.05) is 0 Å². The molecule has 3 aromatic heterocycles. The number of benzene rings is 5. The molecule has 0 amide bonds. The Morgan fingerprint density at radius 2 is 1.08 bits per heavy atom. The SMILES string of the molecule is c1ccc(-c2nc(-c3ccccc3)nc(-c3cc4c(sc5nc6ccccc6n54)c4ccccc34)n2)cc1. The fourth-order valence-electron chi connectivity index (χ4n) is 5.12. The van der Waals surface area contributed by atoms with E-state index in [-0.39, 0.29) is 0 Å². The van der Waals surface area contributed by atoms with Crippen molar-refractivity contribution < 1.29 is 0 Å². The first kappa shape index (κ1) is 21.2. The Morgan fingerprint density at radius 3 is 1.79 bits per heavy atom. The van der Waals surface area contributed by atoms with E-state index in [0.29, 0.717) is 17.5 Å². The molecule has 0 spiro atoms. The lowest BCUT2D eigenvalue weighted by atomic mass is 10.0. The Bertz CT molecular complexity index is 2070. The fourth-order valence-corrected chi connectivity index (χ4v) is 6.28. The van der Waals surface area contributed by atoms with Crippen molar-refractivity contribution in [2.45, 2.75) is 0 Å². The van der Waals surface area contributed by atoms with Crippen molar-refractivity contribution in [1.29, 1.82) is 0 Å². The molecule has 0 atom stereocenters. The molecule has 5 aromatic carbocycles. The molecule has 8 rings (SSSR count). The highest BCUT2D eigenvalue weighted by Gasteiger charge is 2.19. The van der Waals surface area contributed by atoms with Crippen LogP contribution in [-0.4, -0.2) is 24.3 Å². The van der Waals surface area contributed by atoms with Gasteiger partial charge < -0.3 is 0 Å². The second kappa shape index (κ2) is 8.30. The normalized spacial score (nSPS) is 11.7. The highest BCUT2D eigenvalue weighted by Crippen LogP contribution is 2.40. The summed E-state index contributed by atoms with van der Waals surface area (Å²) in [6.07, 6.45) is 0. The van der Waals surface area contributed by atoms with Crippen molar-refractivity contribution in [3.63, 3.8) is 0 Å². The van der Waals surface area contributed by atoms with E-state index in [4.69, 9.17) is 19.9 Å². The Kier molecular flexibility index (Phi) is 4.62. The lowest BCUT2D eigenvalue weighted by Crippen LogP contribution is -2.00. The van der Waals surface area contributed by atoms with Gasteiger partial charge in [0.25, 0.3) is 0 Å². The zero-order valence-electron chi connectivity index (χ0n) is 20.1. The van der Waals surface area contributed by atoms with Crippen LogP contribution in [0.1, 0.15) is 0 Å². The number of nitrogens with zero attached hydrogens (tertiary/aromatic N) is 5. The molecule has 0 unspecified atom stereocenters. The van der Waals surface area contributed by atoms with Gasteiger partial charge in [0.15, 0.2) is 22.4 Å². The molecule has 0 N–H and O–H groups in total. The van der Waals surface area contributed by atoms with Gasteiger partial charge in [-0.15, -0.1) is 0 Å². The first-order valence-electron chi connectivity index (χ1n) is 12.4. The van der Waals surface area contributed by atoms with Gasteiger partial charge in [0.2, 0.25) is 0 Å². The molecule has 0 radical (unpaired) electrons. The molecule has 3 heterocycles. The highest BCUT2D eigenvalue weighted by atomic mass is 32.1. The second-order valence-electron chi connectivity index (χ2n) is 9.18. The van der Waals surface area contributed by atoms with Crippen LogP contribution in [-0.2, 0) is 0 Å². The molecule has 0 fully saturated rings. The lowest BCUT2D eigenvalue weighted by Gasteiger charge is -2.11. The average molecular weight is 506 g/mol. The zero-order chi connectivity index (χ0) is 25.1. The van der Waals surface area contributed by atoms with Crippen LogP contribution >= 0.6 is 11.3 Å². The minimum absolute atomic E-state index is 0.652. The van der Waals surface area contributed by atoms with Crippen LogP contribution in [0.4, 0.5) is 0 Å². The van der Waals surface area contributed by atoms with E-state index in [1.807, 2.05) is 66.7 Å². The number of imidazole rings is 1. The van der Waals surface area contributed by atoms with Gasteiger partial charge in [-0.1, -0.05) is 108 Å². The van der Waals surface area contributed by atoms with Gasteiger partial charge in [-0.3, -0.25) is 4.40 Å². The molecule has 0 saturated heterocycles. The maximum absolute atomic E-state index is 5.03. The third-order valence-corrected chi connectivity index (χ3v) is 7.97. The summed E-state index contributed by atoms with van der Waals surface area (Å²) in [5.41, 5.74) is 6.08. The van der Waals surface area contributed by atoms with Crippen molar-refractivity contribution in [1.82, 2.24) is 24.3 Å². The number of thiazole rings is 1. The van der Waals surface area contributed by atoms with Gasteiger partial charge in [0, 0.05) is 22.1 Å². The maximum Gasteiger partial charge on any atom is 0.195 e. The summed E-state index contributed by atoms with van der Waals surface area (Å²) in [7, 11) is 0. The monoisotopic (exact) mass is 505 g/mol. The van der Waals surface area contributed by atoms with Crippen LogP contribution in [0, 0.1) is 0 Å². The van der Waals surface area contributed by atoms with Crippen LogP contribution in [0.25, 0.3) is 71.1 Å². The minimum Gasteiger partial charge on any atom is -0.283 e. The van der Waals surface area contributed by atoms with Crippen LogP contribution in [0.15, 0.2) is 115 Å². The number of aromatic nitrogens is 5. The Labute approximate surface area is 221 Å². The maximum atomic E-state index is 5.03. The van der Waals surface area contributed by atoms with Crippen LogP contribution in [0.3, 0.4) is 0 Å². The second-order valence-corrected chi connectivity index (χ2v) is 10.2. The highest BCUT2D eigenvalue weighted by molar-refractivity contribution is 7.24. The number of hydrogen-bond donors (Lipinski definition) is 0. The predicted molar refractivity (Wildman–Crippen MR) is 155 cm³/mol. The third kappa shape index (κ3) is 3.24. The van der Waals surface area contributed by atoms with Crippen molar-refractivity contribution in [3.05, 3.63) is 115 Å². The zero-order valence-corrected chi connectivity index (χ0v) is 20.9. The molecule has 0 bridgehead atoms. The standard InChI is InChI=1S/C32H19N5S/c1-3-11-20(12-4-1)29-34-30(21-13-5-2-6-14-21)36-31(35-29)24-19-27-28(23-16-8-7-15-22(23)24)38-32-33-25-17-9-10-18-26(25)37(27)32/h1-19H. The minimum atomic E-state index is 0.652. The largest absolute Gasteiger partial charge is 0.283 e. The summed E-state index contributed by atoms with van der Waals surface area (Å²) in [6, 6.07) is 39.2. The molecule has 6 heteroatoms. The topological polar surface area (TPSA) is 56.0 Å². The molecule has 0 aliphatic rings. The van der Waals surface area contributed by atoms with Gasteiger partial charge in [-0.25, -0.2) is 19.9 Å². The van der Waals surface area contributed by atoms with Crippen LogP contribution in [0.2, 0.25) is 0 Å². The summed E-state index contributed by atoms with van der Waals surface area (Å²) >= 11 is 1.72. The number of para-hydroxylation sites is 2. The van der Waals surface area contributed by atoms with E-state index in [2.05, 4.69) is 52.9 Å². The van der Waals surface area contributed by atoms with E-state index in [9.17, 15) is 0 Å². The van der Waals surface area contributed by atoms with Crippen LogP contribution < -0.4 is 0 Å². The van der Waals surface area contributed by atoms with E-state index in [1.54, 1.807) is 11.3 Å². The third-order valence-electron chi connectivity index (χ3n) is 6.88. The summed E-state index contributed by atoms with van der Waals surface area (Å²) < 4.78 is 3.46. The smallest absolute Gasteiger partial charge is 0.195 e. The summed E-state index contributed by atoms with van der Waals surface area (Å²) in [5.74, 6) is 1.96. The molecule has 0 saturated carbocycles.